The standard InChI is InChI=1S/C22H22N4O3/c1-15-7-9-16(10-8-15)11-26-12-17(23-14-26)21(27)24-18-13-29-20-6-4-3-5-19(20)25(2)22(18)28/h3-10,12,14,18H,11,13H2,1-2H3,(H,24,27). The van der Waals surface area contributed by atoms with Gasteiger partial charge in [0.05, 0.1) is 12.0 Å². The van der Waals surface area contributed by atoms with Crippen molar-refractivity contribution in [3.05, 3.63) is 77.9 Å². The van der Waals surface area contributed by atoms with Crippen molar-refractivity contribution in [2.45, 2.75) is 19.5 Å². The number of anilines is 1. The molecule has 29 heavy (non-hydrogen) atoms. The third kappa shape index (κ3) is 3.99. The third-order valence-corrected chi connectivity index (χ3v) is 4.92. The van der Waals surface area contributed by atoms with Crippen LogP contribution in [0, 0.1) is 6.92 Å². The number of rotatable bonds is 4. The van der Waals surface area contributed by atoms with Crippen LogP contribution in [0.1, 0.15) is 21.6 Å². The molecule has 0 aliphatic carbocycles. The van der Waals surface area contributed by atoms with E-state index in [1.54, 1.807) is 25.6 Å². The van der Waals surface area contributed by atoms with Crippen LogP contribution in [0.2, 0.25) is 0 Å². The van der Waals surface area contributed by atoms with Crippen LogP contribution in [0.25, 0.3) is 0 Å². The van der Waals surface area contributed by atoms with E-state index in [-0.39, 0.29) is 18.2 Å². The van der Waals surface area contributed by atoms with Gasteiger partial charge in [0.25, 0.3) is 11.8 Å². The summed E-state index contributed by atoms with van der Waals surface area (Å²) < 4.78 is 7.57. The molecule has 1 atom stereocenters. The number of imidazole rings is 1. The highest BCUT2D eigenvalue weighted by molar-refractivity contribution is 6.02. The van der Waals surface area contributed by atoms with E-state index in [9.17, 15) is 9.59 Å². The lowest BCUT2D eigenvalue weighted by Crippen LogP contribution is -2.49. The SMILES string of the molecule is Cc1ccc(Cn2cnc(C(=O)NC3COc4ccccc4N(C)C3=O)c2)cc1. The molecule has 148 valence electrons. The second-order valence-electron chi connectivity index (χ2n) is 7.12. The summed E-state index contributed by atoms with van der Waals surface area (Å²) >= 11 is 0. The summed E-state index contributed by atoms with van der Waals surface area (Å²) in [6.07, 6.45) is 3.29. The fraction of sp³-hybridized carbons (Fsp3) is 0.227. The molecule has 2 aromatic carbocycles. The molecule has 0 bridgehead atoms. The van der Waals surface area contributed by atoms with Crippen molar-refractivity contribution in [2.75, 3.05) is 18.6 Å². The summed E-state index contributed by atoms with van der Waals surface area (Å²) in [6, 6.07) is 14.7. The summed E-state index contributed by atoms with van der Waals surface area (Å²) in [4.78, 5) is 31.1. The van der Waals surface area contributed by atoms with Crippen LogP contribution in [0.15, 0.2) is 61.1 Å². The van der Waals surface area contributed by atoms with E-state index in [1.807, 2.05) is 54.0 Å². The van der Waals surface area contributed by atoms with Crippen molar-refractivity contribution in [3.63, 3.8) is 0 Å². The van der Waals surface area contributed by atoms with E-state index < -0.39 is 11.9 Å². The van der Waals surface area contributed by atoms with Crippen LogP contribution in [-0.4, -0.2) is 41.1 Å². The highest BCUT2D eigenvalue weighted by Crippen LogP contribution is 2.29. The summed E-state index contributed by atoms with van der Waals surface area (Å²) in [5.74, 6) is -0.0289. The molecular formula is C22H22N4O3. The van der Waals surface area contributed by atoms with Crippen LogP contribution in [0.4, 0.5) is 5.69 Å². The first-order chi connectivity index (χ1) is 14.0. The van der Waals surface area contributed by atoms with Gasteiger partial charge in [-0.15, -0.1) is 0 Å². The van der Waals surface area contributed by atoms with Gasteiger partial charge in [0.1, 0.15) is 24.1 Å². The average Bonchev–Trinajstić information content (AvgIpc) is 3.16. The Labute approximate surface area is 168 Å². The molecule has 1 aliphatic rings. The molecule has 7 nitrogen and oxygen atoms in total. The molecule has 1 aromatic heterocycles. The molecule has 1 unspecified atom stereocenters. The Hall–Kier alpha value is -3.61. The summed E-state index contributed by atoms with van der Waals surface area (Å²) in [7, 11) is 1.67. The van der Waals surface area contributed by atoms with E-state index in [2.05, 4.69) is 10.3 Å². The third-order valence-electron chi connectivity index (χ3n) is 4.92. The number of para-hydroxylation sites is 2. The van der Waals surface area contributed by atoms with Gasteiger partial charge < -0.3 is 19.5 Å². The molecule has 3 aromatic rings. The van der Waals surface area contributed by atoms with Crippen LogP contribution >= 0.6 is 0 Å². The maximum absolute atomic E-state index is 12.8. The zero-order chi connectivity index (χ0) is 20.4. The average molecular weight is 390 g/mol. The van der Waals surface area contributed by atoms with E-state index >= 15 is 0 Å². The van der Waals surface area contributed by atoms with E-state index in [1.165, 1.54) is 10.5 Å². The fourth-order valence-electron chi connectivity index (χ4n) is 3.26. The lowest BCUT2D eigenvalue weighted by molar-refractivity contribution is -0.120. The van der Waals surface area contributed by atoms with Gasteiger partial charge in [0.2, 0.25) is 0 Å². The van der Waals surface area contributed by atoms with Crippen molar-refractivity contribution in [2.24, 2.45) is 0 Å². The first-order valence-electron chi connectivity index (χ1n) is 9.39. The van der Waals surface area contributed by atoms with Crippen molar-refractivity contribution in [1.29, 1.82) is 0 Å². The molecule has 0 saturated carbocycles. The summed E-state index contributed by atoms with van der Waals surface area (Å²) in [6.45, 7) is 2.72. The monoisotopic (exact) mass is 390 g/mol. The van der Waals surface area contributed by atoms with Crippen molar-refractivity contribution in [1.82, 2.24) is 14.9 Å². The summed E-state index contributed by atoms with van der Waals surface area (Å²) in [5.41, 5.74) is 3.25. The number of aryl methyl sites for hydroxylation is 1. The van der Waals surface area contributed by atoms with Crippen LogP contribution in [0.3, 0.4) is 0 Å². The molecule has 0 fully saturated rings. The van der Waals surface area contributed by atoms with Gasteiger partial charge in [-0.2, -0.15) is 0 Å². The number of carbonyl (C=O) groups excluding carboxylic acids is 2. The van der Waals surface area contributed by atoms with E-state index in [0.29, 0.717) is 18.0 Å². The Bertz CT molecular complexity index is 1040. The maximum Gasteiger partial charge on any atom is 0.272 e. The first kappa shape index (κ1) is 18.7. The Morgan fingerprint density at radius 1 is 1.21 bits per heavy atom. The molecule has 4 rings (SSSR count). The van der Waals surface area contributed by atoms with Gasteiger partial charge in [0.15, 0.2) is 0 Å². The molecule has 2 heterocycles. The van der Waals surface area contributed by atoms with Crippen molar-refractivity contribution in [3.8, 4) is 5.75 Å². The quantitative estimate of drug-likeness (QED) is 0.742. The minimum atomic E-state index is -0.790. The van der Waals surface area contributed by atoms with Crippen molar-refractivity contribution >= 4 is 17.5 Å². The second kappa shape index (κ2) is 7.79. The lowest BCUT2D eigenvalue weighted by atomic mass is 10.1. The number of fused-ring (bicyclic) bond motifs is 1. The zero-order valence-corrected chi connectivity index (χ0v) is 16.3. The highest BCUT2D eigenvalue weighted by atomic mass is 16.5. The lowest BCUT2D eigenvalue weighted by Gasteiger charge is -2.20. The van der Waals surface area contributed by atoms with Crippen LogP contribution < -0.4 is 15.0 Å². The van der Waals surface area contributed by atoms with Gasteiger partial charge in [0, 0.05) is 19.8 Å². The molecular weight excluding hydrogens is 368 g/mol. The fourth-order valence-corrected chi connectivity index (χ4v) is 3.26. The Kier molecular flexibility index (Phi) is 5.03. The Balaban J connectivity index is 1.44. The zero-order valence-electron chi connectivity index (χ0n) is 16.3. The van der Waals surface area contributed by atoms with E-state index in [4.69, 9.17) is 4.74 Å². The first-order valence-corrected chi connectivity index (χ1v) is 9.39. The number of carbonyl (C=O) groups is 2. The largest absolute Gasteiger partial charge is 0.489 e. The molecule has 0 spiro atoms. The van der Waals surface area contributed by atoms with Gasteiger partial charge >= 0.3 is 0 Å². The Morgan fingerprint density at radius 2 is 1.97 bits per heavy atom. The molecule has 2 amide bonds. The smallest absolute Gasteiger partial charge is 0.272 e. The second-order valence-corrected chi connectivity index (χ2v) is 7.12. The number of ether oxygens (including phenoxy) is 1. The number of amides is 2. The number of nitrogens with zero attached hydrogens (tertiary/aromatic N) is 3. The normalized spacial score (nSPS) is 16.0. The molecule has 1 aliphatic heterocycles. The minimum absolute atomic E-state index is 0.0655. The molecule has 0 radical (unpaired) electrons. The predicted octanol–water partition coefficient (Wildman–Crippen LogP) is 2.39. The summed E-state index contributed by atoms with van der Waals surface area (Å²) in [5, 5.41) is 2.74. The molecule has 0 saturated heterocycles. The number of aromatic nitrogens is 2. The molecule has 1 N–H and O–H groups in total. The number of hydrogen-bond acceptors (Lipinski definition) is 4. The minimum Gasteiger partial charge on any atom is -0.489 e. The number of nitrogens with one attached hydrogen (secondary N) is 1. The molecule has 7 heteroatoms. The van der Waals surface area contributed by atoms with Gasteiger partial charge in [-0.3, -0.25) is 9.59 Å². The van der Waals surface area contributed by atoms with Gasteiger partial charge in [-0.1, -0.05) is 42.0 Å². The number of benzene rings is 2. The van der Waals surface area contributed by atoms with Crippen LogP contribution in [0.5, 0.6) is 5.75 Å². The van der Waals surface area contributed by atoms with Gasteiger partial charge in [-0.05, 0) is 24.6 Å². The number of hydrogen-bond donors (Lipinski definition) is 1. The van der Waals surface area contributed by atoms with E-state index in [0.717, 1.165) is 5.56 Å². The van der Waals surface area contributed by atoms with Crippen LogP contribution in [-0.2, 0) is 11.3 Å². The van der Waals surface area contributed by atoms with Crippen molar-refractivity contribution < 1.29 is 14.3 Å². The number of likely N-dealkylation sites (N-methyl/N-ethyl adjacent to an activating group) is 1. The topological polar surface area (TPSA) is 76.5 Å². The maximum atomic E-state index is 12.8. The predicted molar refractivity (Wildman–Crippen MR) is 109 cm³/mol. The van der Waals surface area contributed by atoms with Gasteiger partial charge in [-0.25, -0.2) is 4.98 Å². The Morgan fingerprint density at radius 3 is 2.76 bits per heavy atom. The highest BCUT2D eigenvalue weighted by Gasteiger charge is 2.30.